The van der Waals surface area contributed by atoms with Gasteiger partial charge in [-0.3, -0.25) is 14.5 Å². The maximum Gasteiger partial charge on any atom is 0.352 e. The zero-order chi connectivity index (χ0) is 31.5. The predicted octanol–water partition coefficient (Wildman–Crippen LogP) is 0.475. The number of nitrogens with one attached hydrogen (secondary N) is 2. The third-order valence-electron chi connectivity index (χ3n) is 6.92. The van der Waals surface area contributed by atoms with Gasteiger partial charge in [-0.15, -0.1) is 11.8 Å². The first-order chi connectivity index (χ1) is 21.1. The Balaban J connectivity index is 1.36. The van der Waals surface area contributed by atoms with Gasteiger partial charge >= 0.3 is 11.9 Å². The standard InChI is InChI=1S/C26H27ClN8O7S2/c1-29-6-3-8-33-9-5-15-14(33)4-2-7-34(15)10-13-12-43-24-19(23(39)35(24)20(13)25(40)41)30-22(38)18(32-42-11-16(36)37)17-21(27)44-26(28)31-17/h2,4-5,7,9,19,24,29H,3,6,8,10-12H2,1H3,(H4-,28,30,31,36,37,38,40,41)/p+1/b32-18+. The number of oxime groups is 1. The van der Waals surface area contributed by atoms with Gasteiger partial charge in [0.15, 0.2) is 23.6 Å². The Morgan fingerprint density at radius 2 is 2.11 bits per heavy atom. The highest BCUT2D eigenvalue weighted by Crippen LogP contribution is 2.40. The Kier molecular flexibility index (Phi) is 9.38. The number of thioether (sulfide) groups is 1. The average molecular weight is 664 g/mol. The number of amides is 2. The SMILES string of the molecule is CNCCCn1ccc2c1ccc[n+]2CC1=C(C(=O)O)N2C(=O)C(NC(=O)/C(=N/OCC(=O)O)c3nc(N)sc3Cl)C2SC1. The second kappa shape index (κ2) is 13.2. The molecule has 2 atom stereocenters. The summed E-state index contributed by atoms with van der Waals surface area (Å²) in [6.45, 7) is 1.11. The van der Waals surface area contributed by atoms with Gasteiger partial charge in [-0.25, -0.2) is 14.6 Å². The van der Waals surface area contributed by atoms with E-state index in [1.165, 1.54) is 16.7 Å². The van der Waals surface area contributed by atoms with E-state index >= 15 is 0 Å². The average Bonchev–Trinajstić information content (AvgIpc) is 3.55. The third kappa shape index (κ3) is 6.21. The van der Waals surface area contributed by atoms with Crippen molar-refractivity contribution in [2.45, 2.75) is 30.9 Å². The molecule has 0 spiro atoms. The van der Waals surface area contributed by atoms with E-state index in [1.54, 1.807) is 0 Å². The number of thiazole rings is 1. The lowest BCUT2D eigenvalue weighted by Crippen LogP contribution is -2.71. The Morgan fingerprint density at radius 1 is 1.32 bits per heavy atom. The summed E-state index contributed by atoms with van der Waals surface area (Å²) in [7, 11) is 1.90. The van der Waals surface area contributed by atoms with Crippen molar-refractivity contribution in [3.05, 3.63) is 51.9 Å². The lowest BCUT2D eigenvalue weighted by Gasteiger charge is -2.49. The van der Waals surface area contributed by atoms with E-state index in [2.05, 4.69) is 25.3 Å². The number of anilines is 1. The number of fused-ring (bicyclic) bond motifs is 2. The molecule has 0 aromatic carbocycles. The van der Waals surface area contributed by atoms with Crippen LogP contribution in [-0.4, -0.2) is 91.5 Å². The second-order valence-corrected chi connectivity index (χ2v) is 12.5. The molecule has 0 radical (unpaired) electrons. The molecule has 6 N–H and O–H groups in total. The molecular weight excluding hydrogens is 636 g/mol. The number of hydrogen-bond donors (Lipinski definition) is 5. The van der Waals surface area contributed by atoms with Crippen molar-refractivity contribution in [3.63, 3.8) is 0 Å². The van der Waals surface area contributed by atoms with Crippen LogP contribution < -0.4 is 20.9 Å². The molecule has 0 saturated carbocycles. The first kappa shape index (κ1) is 31.2. The number of nitrogens with zero attached hydrogens (tertiary/aromatic N) is 5. The third-order valence-corrected chi connectivity index (χ3v) is 9.35. The number of β-lactam (4-membered cyclic amide) rings is 1. The highest BCUT2D eigenvalue weighted by molar-refractivity contribution is 8.00. The van der Waals surface area contributed by atoms with Gasteiger partial charge in [0.1, 0.15) is 32.7 Å². The molecule has 3 aromatic heterocycles. The smallest absolute Gasteiger partial charge is 0.352 e. The fraction of sp³-hybridized carbons (Fsp3) is 0.346. The number of nitrogen functional groups attached to an aromatic ring is 1. The van der Waals surface area contributed by atoms with Gasteiger partial charge in [0.05, 0.1) is 0 Å². The number of carbonyl (C=O) groups is 4. The van der Waals surface area contributed by atoms with Crippen LogP contribution in [-0.2, 0) is 37.1 Å². The second-order valence-electron chi connectivity index (χ2n) is 9.77. The topological polar surface area (TPSA) is 205 Å². The number of carboxylic acids is 2. The van der Waals surface area contributed by atoms with E-state index in [9.17, 15) is 24.3 Å². The molecule has 232 valence electrons. The van der Waals surface area contributed by atoms with E-state index in [0.29, 0.717) is 11.3 Å². The van der Waals surface area contributed by atoms with E-state index in [4.69, 9.17) is 27.3 Å². The zero-order valence-electron chi connectivity index (χ0n) is 23.2. The molecule has 44 heavy (non-hydrogen) atoms. The van der Waals surface area contributed by atoms with Crippen molar-refractivity contribution in [1.82, 2.24) is 25.1 Å². The van der Waals surface area contributed by atoms with Crippen molar-refractivity contribution < 1.29 is 38.8 Å². The predicted molar refractivity (Wildman–Crippen MR) is 162 cm³/mol. The van der Waals surface area contributed by atoms with E-state index in [1.807, 2.05) is 42.2 Å². The highest BCUT2D eigenvalue weighted by Gasteiger charge is 2.55. The number of carboxylic acid groups (broad SMARTS) is 2. The van der Waals surface area contributed by atoms with Crippen LogP contribution in [0.4, 0.5) is 5.13 Å². The molecule has 15 nitrogen and oxygen atoms in total. The van der Waals surface area contributed by atoms with Crippen LogP contribution in [0.1, 0.15) is 12.1 Å². The Hall–Kier alpha value is -4.19. The van der Waals surface area contributed by atoms with Crippen LogP contribution in [0.3, 0.4) is 0 Å². The molecule has 3 aromatic rings. The molecule has 2 amide bonds. The molecular formula is C26H28ClN8O7S2+. The number of nitrogens with two attached hydrogens (primary N) is 1. The highest BCUT2D eigenvalue weighted by atomic mass is 35.5. The van der Waals surface area contributed by atoms with E-state index in [-0.39, 0.29) is 27.4 Å². The summed E-state index contributed by atoms with van der Waals surface area (Å²) in [5.74, 6) is -3.84. The molecule has 0 bridgehead atoms. The number of hydrogen-bond acceptors (Lipinski definition) is 11. The molecule has 1 saturated heterocycles. The first-order valence-corrected chi connectivity index (χ1v) is 15.5. The number of aliphatic carboxylic acids is 2. The summed E-state index contributed by atoms with van der Waals surface area (Å²) in [6.07, 6.45) is 4.82. The Labute approximate surface area is 263 Å². The molecule has 1 fully saturated rings. The fourth-order valence-corrected chi connectivity index (χ4v) is 7.27. The molecule has 2 aliphatic heterocycles. The molecule has 0 aliphatic carbocycles. The normalized spacial score (nSPS) is 18.3. The monoisotopic (exact) mass is 663 g/mol. The van der Waals surface area contributed by atoms with Gasteiger partial charge in [-0.05, 0) is 26.1 Å². The Bertz CT molecular complexity index is 1700. The first-order valence-electron chi connectivity index (χ1n) is 13.3. The van der Waals surface area contributed by atoms with Crippen molar-refractivity contribution in [1.29, 1.82) is 0 Å². The number of rotatable bonds is 13. The number of aryl methyl sites for hydroxylation is 1. The van der Waals surface area contributed by atoms with Gasteiger partial charge in [0.25, 0.3) is 11.8 Å². The van der Waals surface area contributed by atoms with Crippen LogP contribution in [0.25, 0.3) is 11.0 Å². The van der Waals surface area contributed by atoms with Crippen molar-refractivity contribution >= 4 is 80.3 Å². The summed E-state index contributed by atoms with van der Waals surface area (Å²) in [5, 5.41) is 27.6. The summed E-state index contributed by atoms with van der Waals surface area (Å²) >= 11 is 8.32. The number of carbonyl (C=O) groups excluding carboxylic acids is 2. The maximum atomic E-state index is 13.3. The van der Waals surface area contributed by atoms with Crippen molar-refractivity contribution in [3.8, 4) is 0 Å². The van der Waals surface area contributed by atoms with Crippen LogP contribution >= 0.6 is 34.7 Å². The van der Waals surface area contributed by atoms with Crippen LogP contribution in [0.5, 0.6) is 0 Å². The number of halogens is 1. The molecule has 5 heterocycles. The van der Waals surface area contributed by atoms with Crippen LogP contribution in [0.15, 0.2) is 47.0 Å². The van der Waals surface area contributed by atoms with E-state index < -0.39 is 47.5 Å². The fourth-order valence-electron chi connectivity index (χ4n) is 5.00. The summed E-state index contributed by atoms with van der Waals surface area (Å²) in [6, 6.07) is 4.80. The van der Waals surface area contributed by atoms with Gasteiger partial charge in [0.2, 0.25) is 12.1 Å². The minimum absolute atomic E-state index is 0.00509. The lowest BCUT2D eigenvalue weighted by molar-refractivity contribution is -0.663. The maximum absolute atomic E-state index is 13.3. The minimum Gasteiger partial charge on any atom is -0.479 e. The van der Waals surface area contributed by atoms with Crippen LogP contribution in [0, 0.1) is 0 Å². The van der Waals surface area contributed by atoms with Crippen molar-refractivity contribution in [2.75, 3.05) is 31.7 Å². The summed E-state index contributed by atoms with van der Waals surface area (Å²) in [4.78, 5) is 59.7. The molecule has 2 aliphatic rings. The van der Waals surface area contributed by atoms with E-state index in [0.717, 1.165) is 41.9 Å². The van der Waals surface area contributed by atoms with Gasteiger partial charge in [0, 0.05) is 36.2 Å². The molecule has 2 unspecified atom stereocenters. The van der Waals surface area contributed by atoms with Crippen molar-refractivity contribution in [2.24, 2.45) is 5.16 Å². The van der Waals surface area contributed by atoms with Gasteiger partial charge < -0.3 is 36.0 Å². The Morgan fingerprint density at radius 3 is 2.80 bits per heavy atom. The summed E-state index contributed by atoms with van der Waals surface area (Å²) < 4.78 is 4.10. The summed E-state index contributed by atoms with van der Waals surface area (Å²) in [5.41, 5.74) is 7.42. The quantitative estimate of drug-likeness (QED) is 0.0559. The van der Waals surface area contributed by atoms with Crippen LogP contribution in [0.2, 0.25) is 4.34 Å². The molecule has 5 rings (SSSR count). The largest absolute Gasteiger partial charge is 0.479 e. The number of pyridine rings is 1. The zero-order valence-corrected chi connectivity index (χ0v) is 25.6. The van der Waals surface area contributed by atoms with Gasteiger partial charge in [-0.2, -0.15) is 4.57 Å². The minimum atomic E-state index is -1.33. The lowest BCUT2D eigenvalue weighted by atomic mass is 10.0. The van der Waals surface area contributed by atoms with Gasteiger partial charge in [-0.1, -0.05) is 28.1 Å². The number of aromatic nitrogens is 3. The molecule has 18 heteroatoms.